The van der Waals surface area contributed by atoms with Crippen molar-refractivity contribution in [3.63, 3.8) is 0 Å². The first-order valence-corrected chi connectivity index (χ1v) is 9.29. The SMILES string of the molecule is C=CC(C)(CCC=C(C)CCC=C(C)C)C(OC(C)=O)C1=CC(=O)OC1O. The molecule has 1 aliphatic rings. The van der Waals surface area contributed by atoms with Crippen LogP contribution in [0.3, 0.4) is 0 Å². The fourth-order valence-electron chi connectivity index (χ4n) is 3.03. The van der Waals surface area contributed by atoms with E-state index >= 15 is 0 Å². The Bertz CT molecular complexity index is 652. The number of rotatable bonds is 10. The summed E-state index contributed by atoms with van der Waals surface area (Å²) in [5.41, 5.74) is 2.21. The number of esters is 2. The average Bonchev–Trinajstić information content (AvgIpc) is 2.90. The van der Waals surface area contributed by atoms with Crippen molar-refractivity contribution in [2.24, 2.45) is 5.41 Å². The lowest BCUT2D eigenvalue weighted by Crippen LogP contribution is -2.38. The van der Waals surface area contributed by atoms with Crippen molar-refractivity contribution in [3.8, 4) is 0 Å². The Morgan fingerprint density at radius 2 is 2.00 bits per heavy atom. The summed E-state index contributed by atoms with van der Waals surface area (Å²) in [6.45, 7) is 13.4. The average molecular weight is 376 g/mol. The highest BCUT2D eigenvalue weighted by Gasteiger charge is 2.42. The normalized spacial score (nSPS) is 20.2. The van der Waals surface area contributed by atoms with Crippen molar-refractivity contribution in [2.45, 2.75) is 72.7 Å². The van der Waals surface area contributed by atoms with E-state index in [9.17, 15) is 14.7 Å². The van der Waals surface area contributed by atoms with Crippen LogP contribution in [0.25, 0.3) is 0 Å². The Balaban J connectivity index is 2.89. The third kappa shape index (κ3) is 7.18. The highest BCUT2D eigenvalue weighted by atomic mass is 16.6. The number of hydrogen-bond donors (Lipinski definition) is 1. The molecular formula is C22H32O5. The Morgan fingerprint density at radius 3 is 2.48 bits per heavy atom. The van der Waals surface area contributed by atoms with Gasteiger partial charge in [-0.3, -0.25) is 4.79 Å². The van der Waals surface area contributed by atoms with Crippen LogP contribution in [0.4, 0.5) is 0 Å². The standard InChI is InChI=1S/C22H32O5/c1-7-22(6,13-9-12-16(4)11-8-10-15(2)3)20(26-17(5)23)18-14-19(24)27-21(18)25/h7,10,12,14,20-21,25H,1,8-9,11,13H2,2-6H3. The van der Waals surface area contributed by atoms with Crippen LogP contribution in [0.1, 0.15) is 60.3 Å². The van der Waals surface area contributed by atoms with Crippen molar-refractivity contribution < 1.29 is 24.2 Å². The van der Waals surface area contributed by atoms with Crippen molar-refractivity contribution in [2.75, 3.05) is 0 Å². The van der Waals surface area contributed by atoms with E-state index in [1.54, 1.807) is 6.08 Å². The molecule has 1 N–H and O–H groups in total. The predicted octanol–water partition coefficient (Wildman–Crippen LogP) is 4.38. The van der Waals surface area contributed by atoms with Gasteiger partial charge in [-0.2, -0.15) is 0 Å². The molecule has 0 aromatic heterocycles. The molecule has 0 aromatic carbocycles. The van der Waals surface area contributed by atoms with E-state index < -0.39 is 29.7 Å². The zero-order valence-electron chi connectivity index (χ0n) is 17.1. The van der Waals surface area contributed by atoms with Crippen LogP contribution in [0.15, 0.2) is 47.6 Å². The van der Waals surface area contributed by atoms with E-state index in [0.29, 0.717) is 6.42 Å². The molecule has 0 saturated heterocycles. The fourth-order valence-corrected chi connectivity index (χ4v) is 3.03. The summed E-state index contributed by atoms with van der Waals surface area (Å²) in [4.78, 5) is 23.1. The molecule has 0 bridgehead atoms. The highest BCUT2D eigenvalue weighted by Crippen LogP contribution is 2.38. The number of carbonyl (C=O) groups excluding carboxylic acids is 2. The van der Waals surface area contributed by atoms with Gasteiger partial charge in [0.05, 0.1) is 0 Å². The summed E-state index contributed by atoms with van der Waals surface area (Å²) >= 11 is 0. The molecule has 0 amide bonds. The predicted molar refractivity (Wildman–Crippen MR) is 106 cm³/mol. The summed E-state index contributed by atoms with van der Waals surface area (Å²) in [6, 6.07) is 0. The topological polar surface area (TPSA) is 72.8 Å². The zero-order valence-corrected chi connectivity index (χ0v) is 17.1. The number of cyclic esters (lactones) is 1. The molecule has 5 nitrogen and oxygen atoms in total. The van der Waals surface area contributed by atoms with Crippen LogP contribution >= 0.6 is 0 Å². The van der Waals surface area contributed by atoms with Gasteiger partial charge in [0.2, 0.25) is 6.29 Å². The molecule has 3 unspecified atom stereocenters. The molecule has 5 heteroatoms. The first kappa shape index (κ1) is 22.9. The smallest absolute Gasteiger partial charge is 0.333 e. The summed E-state index contributed by atoms with van der Waals surface area (Å²) in [5, 5.41) is 10.0. The first-order valence-electron chi connectivity index (χ1n) is 9.29. The second-order valence-corrected chi connectivity index (χ2v) is 7.54. The van der Waals surface area contributed by atoms with Gasteiger partial charge >= 0.3 is 11.9 Å². The quantitative estimate of drug-likeness (QED) is 0.452. The van der Waals surface area contributed by atoms with Crippen LogP contribution in [0, 0.1) is 5.41 Å². The Morgan fingerprint density at radius 1 is 1.33 bits per heavy atom. The van der Waals surface area contributed by atoms with Crippen molar-refractivity contribution >= 4 is 11.9 Å². The molecule has 0 radical (unpaired) electrons. The molecule has 0 spiro atoms. The molecule has 1 rings (SSSR count). The third-order valence-electron chi connectivity index (χ3n) is 4.72. The van der Waals surface area contributed by atoms with Crippen molar-refractivity contribution in [1.29, 1.82) is 0 Å². The van der Waals surface area contributed by atoms with E-state index in [1.165, 1.54) is 24.1 Å². The maximum absolute atomic E-state index is 11.6. The minimum absolute atomic E-state index is 0.252. The minimum atomic E-state index is -1.40. The maximum atomic E-state index is 11.6. The number of aliphatic hydroxyl groups is 1. The van der Waals surface area contributed by atoms with Crippen LogP contribution in [0.5, 0.6) is 0 Å². The van der Waals surface area contributed by atoms with E-state index in [2.05, 4.69) is 39.5 Å². The van der Waals surface area contributed by atoms with Gasteiger partial charge in [-0.05, 0) is 46.5 Å². The molecule has 3 atom stereocenters. The molecule has 1 heterocycles. The number of aliphatic hydroxyl groups excluding tert-OH is 1. The molecule has 27 heavy (non-hydrogen) atoms. The van der Waals surface area contributed by atoms with Gasteiger partial charge in [0.1, 0.15) is 6.10 Å². The lowest BCUT2D eigenvalue weighted by atomic mass is 9.76. The van der Waals surface area contributed by atoms with Crippen molar-refractivity contribution in [1.82, 2.24) is 0 Å². The maximum Gasteiger partial charge on any atom is 0.333 e. The third-order valence-corrected chi connectivity index (χ3v) is 4.72. The van der Waals surface area contributed by atoms with Crippen LogP contribution in [-0.4, -0.2) is 29.4 Å². The van der Waals surface area contributed by atoms with Crippen LogP contribution < -0.4 is 0 Å². The molecule has 0 fully saturated rings. The summed E-state index contributed by atoms with van der Waals surface area (Å²) < 4.78 is 10.2. The van der Waals surface area contributed by atoms with E-state index in [0.717, 1.165) is 19.3 Å². The number of hydrogen-bond acceptors (Lipinski definition) is 5. The lowest BCUT2D eigenvalue weighted by Gasteiger charge is -2.35. The molecule has 0 saturated carbocycles. The van der Waals surface area contributed by atoms with Crippen molar-refractivity contribution in [3.05, 3.63) is 47.6 Å². The minimum Gasteiger partial charge on any atom is -0.457 e. The van der Waals surface area contributed by atoms with Gasteiger partial charge in [-0.25, -0.2) is 4.79 Å². The van der Waals surface area contributed by atoms with Gasteiger partial charge in [-0.1, -0.05) is 36.3 Å². The van der Waals surface area contributed by atoms with Gasteiger partial charge in [0.15, 0.2) is 0 Å². The number of allylic oxidation sites excluding steroid dienone is 4. The van der Waals surface area contributed by atoms with Gasteiger partial charge in [0.25, 0.3) is 0 Å². The monoisotopic (exact) mass is 376 g/mol. The van der Waals surface area contributed by atoms with Crippen LogP contribution in [0.2, 0.25) is 0 Å². The van der Waals surface area contributed by atoms with Gasteiger partial charge in [-0.15, -0.1) is 6.58 Å². The Labute approximate surface area is 162 Å². The zero-order chi connectivity index (χ0) is 20.6. The lowest BCUT2D eigenvalue weighted by molar-refractivity contribution is -0.156. The fraction of sp³-hybridized carbons (Fsp3) is 0.545. The number of ether oxygens (including phenoxy) is 2. The largest absolute Gasteiger partial charge is 0.457 e. The van der Waals surface area contributed by atoms with Crippen LogP contribution in [-0.2, 0) is 19.1 Å². The first-order chi connectivity index (χ1) is 12.6. The van der Waals surface area contributed by atoms with E-state index in [1.807, 2.05) is 6.92 Å². The van der Waals surface area contributed by atoms with Gasteiger partial charge < -0.3 is 14.6 Å². The Kier molecular flexibility index (Phi) is 8.70. The molecule has 0 aromatic rings. The Hall–Kier alpha value is -2.14. The van der Waals surface area contributed by atoms with Gasteiger partial charge in [0, 0.05) is 24.0 Å². The summed E-state index contributed by atoms with van der Waals surface area (Å²) in [7, 11) is 0. The summed E-state index contributed by atoms with van der Waals surface area (Å²) in [5.74, 6) is -1.13. The second-order valence-electron chi connectivity index (χ2n) is 7.54. The highest BCUT2D eigenvalue weighted by molar-refractivity contribution is 5.86. The summed E-state index contributed by atoms with van der Waals surface area (Å²) in [6.07, 6.45) is 8.50. The molecule has 0 aliphatic carbocycles. The number of carbonyl (C=O) groups is 2. The van der Waals surface area contributed by atoms with E-state index in [4.69, 9.17) is 9.47 Å². The molecule has 150 valence electrons. The molecule has 1 aliphatic heterocycles. The van der Waals surface area contributed by atoms with E-state index in [-0.39, 0.29) is 5.57 Å². The molecular weight excluding hydrogens is 344 g/mol. The second kappa shape index (κ2) is 10.3.